The monoisotopic (exact) mass is 342 g/mol. The number of H-pyrrole nitrogens is 1. The normalized spacial score (nSPS) is 10.9. The number of phenolic OH excluding ortho intramolecular Hbond substituents is 1. The molecular formula is C13H12Cl2N4O3. The Labute approximate surface area is 135 Å². The second-order valence-corrected chi connectivity index (χ2v) is 4.86. The van der Waals surface area contributed by atoms with Crippen molar-refractivity contribution in [3.05, 3.63) is 44.3 Å². The molecule has 0 unspecified atom stereocenters. The summed E-state index contributed by atoms with van der Waals surface area (Å²) in [5.41, 5.74) is 2.93. The summed E-state index contributed by atoms with van der Waals surface area (Å²) in [5.74, 6) is 0.128. The van der Waals surface area contributed by atoms with E-state index in [4.69, 9.17) is 27.9 Å². The molecule has 0 aliphatic heterocycles. The van der Waals surface area contributed by atoms with Crippen LogP contribution < -0.4 is 15.7 Å². The molecule has 0 saturated carbocycles. The van der Waals surface area contributed by atoms with Crippen LogP contribution in [-0.4, -0.2) is 28.1 Å². The van der Waals surface area contributed by atoms with Crippen LogP contribution in [0, 0.1) is 0 Å². The molecule has 2 rings (SSSR count). The van der Waals surface area contributed by atoms with Crippen LogP contribution >= 0.6 is 23.2 Å². The summed E-state index contributed by atoms with van der Waals surface area (Å²) in [6.07, 6.45) is 2.77. The van der Waals surface area contributed by atoms with E-state index < -0.39 is 5.56 Å². The van der Waals surface area contributed by atoms with Crippen molar-refractivity contribution >= 4 is 35.1 Å². The lowest BCUT2D eigenvalue weighted by Crippen LogP contribution is -2.10. The van der Waals surface area contributed by atoms with Gasteiger partial charge in [0.25, 0.3) is 5.56 Å². The number of halogens is 2. The van der Waals surface area contributed by atoms with Gasteiger partial charge in [0.05, 0.1) is 24.0 Å². The zero-order valence-electron chi connectivity index (χ0n) is 11.4. The number of nitrogens with one attached hydrogen (secondary N) is 2. The fourth-order valence-corrected chi connectivity index (χ4v) is 1.92. The maximum atomic E-state index is 11.3. The van der Waals surface area contributed by atoms with Gasteiger partial charge in [-0.15, -0.1) is 0 Å². The smallest absolute Gasteiger partial charge is 0.285 e. The first kappa shape index (κ1) is 16.1. The number of hydrogen-bond acceptors (Lipinski definition) is 6. The number of aromatic nitrogens is 2. The summed E-state index contributed by atoms with van der Waals surface area (Å²) in [6, 6.07) is 3.09. The molecule has 0 aliphatic carbocycles. The second kappa shape index (κ2) is 7.15. The van der Waals surface area contributed by atoms with Gasteiger partial charge in [0.1, 0.15) is 10.7 Å². The second-order valence-electron chi connectivity index (χ2n) is 4.08. The van der Waals surface area contributed by atoms with Gasteiger partial charge in [-0.2, -0.15) is 10.2 Å². The summed E-state index contributed by atoms with van der Waals surface area (Å²) in [6.45, 7) is 2.17. The number of phenols is 1. The molecule has 1 aromatic carbocycles. The van der Waals surface area contributed by atoms with Crippen LogP contribution in [0.3, 0.4) is 0 Å². The van der Waals surface area contributed by atoms with Crippen molar-refractivity contribution in [3.63, 3.8) is 0 Å². The number of anilines is 1. The molecule has 0 saturated heterocycles. The molecule has 22 heavy (non-hydrogen) atoms. The van der Waals surface area contributed by atoms with Crippen molar-refractivity contribution in [2.75, 3.05) is 12.0 Å². The Bertz CT molecular complexity index is 761. The van der Waals surface area contributed by atoms with Crippen LogP contribution in [0.4, 0.5) is 5.69 Å². The Balaban J connectivity index is 2.20. The molecule has 0 amide bonds. The fraction of sp³-hybridized carbons (Fsp3) is 0.154. The Hall–Kier alpha value is -2.25. The lowest BCUT2D eigenvalue weighted by atomic mass is 10.2. The van der Waals surface area contributed by atoms with Gasteiger partial charge < -0.3 is 9.84 Å². The number of hydrazone groups is 1. The quantitative estimate of drug-likeness (QED) is 0.572. The minimum atomic E-state index is -0.520. The highest BCUT2D eigenvalue weighted by Gasteiger charge is 2.08. The van der Waals surface area contributed by atoms with E-state index in [1.54, 1.807) is 13.0 Å². The van der Waals surface area contributed by atoms with Crippen LogP contribution in [0.2, 0.25) is 10.0 Å². The summed E-state index contributed by atoms with van der Waals surface area (Å²) in [7, 11) is 0. The number of aromatic hydroxyl groups is 1. The van der Waals surface area contributed by atoms with Crippen molar-refractivity contribution in [2.24, 2.45) is 5.10 Å². The van der Waals surface area contributed by atoms with E-state index in [0.717, 1.165) is 0 Å². The highest BCUT2D eigenvalue weighted by atomic mass is 35.5. The average Bonchev–Trinajstić information content (AvgIpc) is 2.49. The summed E-state index contributed by atoms with van der Waals surface area (Å²) in [5, 5.41) is 19.6. The molecule has 0 radical (unpaired) electrons. The number of rotatable bonds is 5. The summed E-state index contributed by atoms with van der Waals surface area (Å²) in [4.78, 5) is 11.3. The van der Waals surface area contributed by atoms with Crippen LogP contribution in [0.15, 0.2) is 28.2 Å². The molecule has 1 aromatic heterocycles. The Morgan fingerprint density at radius 1 is 1.50 bits per heavy atom. The van der Waals surface area contributed by atoms with Crippen molar-refractivity contribution in [3.8, 4) is 11.5 Å². The molecule has 0 fully saturated rings. The SMILES string of the molecule is CCOc1cc(/C=N/Nc2cn[nH]c(=O)c2Cl)cc(Cl)c1O. The van der Waals surface area contributed by atoms with E-state index in [-0.39, 0.29) is 27.2 Å². The predicted octanol–water partition coefficient (Wildman–Crippen LogP) is 2.63. The predicted molar refractivity (Wildman–Crippen MR) is 85.4 cm³/mol. The van der Waals surface area contributed by atoms with Gasteiger partial charge in [-0.25, -0.2) is 5.10 Å². The average molecular weight is 343 g/mol. The van der Waals surface area contributed by atoms with E-state index in [1.807, 2.05) is 0 Å². The largest absolute Gasteiger partial charge is 0.503 e. The Morgan fingerprint density at radius 2 is 2.27 bits per heavy atom. The van der Waals surface area contributed by atoms with E-state index in [0.29, 0.717) is 12.2 Å². The first-order valence-electron chi connectivity index (χ1n) is 6.20. The molecule has 0 aliphatic rings. The van der Waals surface area contributed by atoms with Gasteiger partial charge in [-0.1, -0.05) is 23.2 Å². The Morgan fingerprint density at radius 3 is 3.00 bits per heavy atom. The van der Waals surface area contributed by atoms with Crippen LogP contribution in [-0.2, 0) is 0 Å². The molecule has 3 N–H and O–H groups in total. The zero-order valence-corrected chi connectivity index (χ0v) is 12.9. The minimum absolute atomic E-state index is 0.0501. The molecule has 0 bridgehead atoms. The summed E-state index contributed by atoms with van der Waals surface area (Å²) >= 11 is 11.7. The van der Waals surface area contributed by atoms with Crippen LogP contribution in [0.1, 0.15) is 12.5 Å². The van der Waals surface area contributed by atoms with E-state index in [1.165, 1.54) is 18.5 Å². The van der Waals surface area contributed by atoms with Crippen LogP contribution in [0.25, 0.3) is 0 Å². The van der Waals surface area contributed by atoms with Gasteiger partial charge in [-0.05, 0) is 24.6 Å². The Kier molecular flexibility index (Phi) is 5.24. The highest BCUT2D eigenvalue weighted by Crippen LogP contribution is 2.34. The van der Waals surface area contributed by atoms with Crippen molar-refractivity contribution in [1.29, 1.82) is 0 Å². The third-order valence-electron chi connectivity index (χ3n) is 2.54. The van der Waals surface area contributed by atoms with E-state index in [9.17, 15) is 9.90 Å². The van der Waals surface area contributed by atoms with Gasteiger partial charge in [0, 0.05) is 0 Å². The fourth-order valence-electron chi connectivity index (χ4n) is 1.57. The zero-order chi connectivity index (χ0) is 16.1. The van der Waals surface area contributed by atoms with Gasteiger partial charge in [0.2, 0.25) is 0 Å². The molecule has 0 atom stereocenters. The summed E-state index contributed by atoms with van der Waals surface area (Å²) < 4.78 is 5.26. The third kappa shape index (κ3) is 3.69. The van der Waals surface area contributed by atoms with E-state index >= 15 is 0 Å². The number of ether oxygens (including phenoxy) is 1. The number of hydrogen-bond donors (Lipinski definition) is 3. The third-order valence-corrected chi connectivity index (χ3v) is 3.21. The highest BCUT2D eigenvalue weighted by molar-refractivity contribution is 6.33. The molecule has 0 spiro atoms. The van der Waals surface area contributed by atoms with Crippen molar-refractivity contribution in [1.82, 2.24) is 10.2 Å². The molecule has 116 valence electrons. The minimum Gasteiger partial charge on any atom is -0.503 e. The first-order valence-corrected chi connectivity index (χ1v) is 6.96. The van der Waals surface area contributed by atoms with Crippen molar-refractivity contribution in [2.45, 2.75) is 6.92 Å². The first-order chi connectivity index (χ1) is 10.5. The number of nitrogens with zero attached hydrogens (tertiary/aromatic N) is 2. The van der Waals surface area contributed by atoms with Gasteiger partial charge in [-0.3, -0.25) is 10.2 Å². The molecule has 9 heteroatoms. The number of aromatic amines is 1. The van der Waals surface area contributed by atoms with Gasteiger partial charge >= 0.3 is 0 Å². The maximum absolute atomic E-state index is 11.3. The topological polar surface area (TPSA) is 99.6 Å². The van der Waals surface area contributed by atoms with E-state index in [2.05, 4.69) is 20.7 Å². The van der Waals surface area contributed by atoms with Crippen molar-refractivity contribution < 1.29 is 9.84 Å². The molecule has 1 heterocycles. The maximum Gasteiger partial charge on any atom is 0.285 e. The molecule has 2 aromatic rings. The lowest BCUT2D eigenvalue weighted by molar-refractivity contribution is 0.318. The van der Waals surface area contributed by atoms with Crippen LogP contribution in [0.5, 0.6) is 11.5 Å². The van der Waals surface area contributed by atoms with Gasteiger partial charge in [0.15, 0.2) is 11.5 Å². The molecule has 7 nitrogen and oxygen atoms in total. The lowest BCUT2D eigenvalue weighted by Gasteiger charge is -2.08. The standard InChI is InChI=1S/C13H12Cl2N4O3/c1-2-22-10-4-7(3-8(14)12(10)20)5-16-18-9-6-17-19-13(21)11(9)15/h3-6,20H,2H2,1H3,(H2,18,19,21)/b16-5+. The molecular weight excluding hydrogens is 331 g/mol. The number of benzene rings is 1.